The van der Waals surface area contributed by atoms with Crippen molar-refractivity contribution < 1.29 is 4.79 Å². The largest absolute Gasteiger partial charge is 0.334 e. The maximum absolute atomic E-state index is 12.6. The molecule has 0 bridgehead atoms. The van der Waals surface area contributed by atoms with E-state index in [1.54, 1.807) is 13.0 Å². The van der Waals surface area contributed by atoms with E-state index in [2.05, 4.69) is 25.7 Å². The predicted octanol–water partition coefficient (Wildman–Crippen LogP) is 3.82. The van der Waals surface area contributed by atoms with Gasteiger partial charge in [0.1, 0.15) is 5.82 Å². The molecule has 2 aromatic carbocycles. The summed E-state index contributed by atoms with van der Waals surface area (Å²) in [6.07, 6.45) is 0.579. The predicted molar refractivity (Wildman–Crippen MR) is 124 cm³/mol. The molecular weight excluding hydrogens is 404 g/mol. The number of anilines is 1. The molecule has 8 heteroatoms. The Morgan fingerprint density at radius 2 is 1.75 bits per heavy atom. The average molecular weight is 428 g/mol. The first-order chi connectivity index (χ1) is 15.5. The third-order valence-electron chi connectivity index (χ3n) is 5.08. The van der Waals surface area contributed by atoms with Crippen molar-refractivity contribution in [3.63, 3.8) is 0 Å². The lowest BCUT2D eigenvalue weighted by Gasteiger charge is -2.10. The zero-order valence-corrected chi connectivity index (χ0v) is 17.9. The first-order valence-corrected chi connectivity index (χ1v) is 10.4. The van der Waals surface area contributed by atoms with Crippen LogP contribution in [0.3, 0.4) is 0 Å². The van der Waals surface area contributed by atoms with Gasteiger partial charge in [-0.05, 0) is 18.9 Å². The van der Waals surface area contributed by atoms with Crippen LogP contribution in [0.4, 0.5) is 10.6 Å². The molecule has 0 spiro atoms. The molecule has 32 heavy (non-hydrogen) atoms. The summed E-state index contributed by atoms with van der Waals surface area (Å²) in [5.41, 5.74) is 3.54. The highest BCUT2D eigenvalue weighted by Crippen LogP contribution is 2.23. The molecule has 0 fully saturated rings. The number of amides is 2. The molecule has 0 aliphatic rings. The molecule has 2 aromatic heterocycles. The van der Waals surface area contributed by atoms with Gasteiger partial charge in [-0.25, -0.2) is 9.78 Å². The Morgan fingerprint density at radius 3 is 2.41 bits per heavy atom. The Hall–Kier alpha value is -4.20. The number of H-pyrrole nitrogens is 1. The number of aromatic nitrogens is 4. The SMILES string of the molecule is CCc1c(C)nc(-n2nc(-c3ccccc3)cc2NC(=O)NCc2ccccc2)[nH]c1=O. The highest BCUT2D eigenvalue weighted by Gasteiger charge is 2.17. The first-order valence-electron chi connectivity index (χ1n) is 10.4. The molecule has 0 aliphatic carbocycles. The topological polar surface area (TPSA) is 105 Å². The second kappa shape index (κ2) is 9.30. The van der Waals surface area contributed by atoms with Crippen molar-refractivity contribution in [2.45, 2.75) is 26.8 Å². The lowest BCUT2D eigenvalue weighted by atomic mass is 10.2. The number of aryl methyl sites for hydroxylation is 1. The summed E-state index contributed by atoms with van der Waals surface area (Å²) in [7, 11) is 0. The summed E-state index contributed by atoms with van der Waals surface area (Å²) in [5, 5.41) is 10.3. The van der Waals surface area contributed by atoms with E-state index in [0.717, 1.165) is 11.1 Å². The highest BCUT2D eigenvalue weighted by molar-refractivity contribution is 5.89. The van der Waals surface area contributed by atoms with E-state index in [1.165, 1.54) is 4.68 Å². The van der Waals surface area contributed by atoms with Crippen LogP contribution in [0.5, 0.6) is 0 Å². The van der Waals surface area contributed by atoms with Gasteiger partial charge in [-0.1, -0.05) is 67.6 Å². The van der Waals surface area contributed by atoms with E-state index in [4.69, 9.17) is 0 Å². The molecule has 0 aliphatic heterocycles. The zero-order valence-electron chi connectivity index (χ0n) is 17.9. The molecule has 0 atom stereocenters. The number of urea groups is 1. The Kier molecular flexibility index (Phi) is 6.12. The first kappa shape index (κ1) is 21.0. The summed E-state index contributed by atoms with van der Waals surface area (Å²) in [4.78, 5) is 32.4. The van der Waals surface area contributed by atoms with Gasteiger partial charge in [-0.2, -0.15) is 9.78 Å². The van der Waals surface area contributed by atoms with Gasteiger partial charge in [-0.15, -0.1) is 0 Å². The molecule has 2 amide bonds. The normalized spacial score (nSPS) is 10.7. The van der Waals surface area contributed by atoms with Gasteiger partial charge in [0.05, 0.1) is 5.69 Å². The fourth-order valence-electron chi connectivity index (χ4n) is 3.43. The summed E-state index contributed by atoms with van der Waals surface area (Å²) < 4.78 is 1.44. The Balaban J connectivity index is 1.67. The van der Waals surface area contributed by atoms with Crippen molar-refractivity contribution in [1.82, 2.24) is 25.1 Å². The van der Waals surface area contributed by atoms with Crippen LogP contribution in [-0.2, 0) is 13.0 Å². The van der Waals surface area contributed by atoms with Crippen LogP contribution in [0, 0.1) is 6.92 Å². The average Bonchev–Trinajstić information content (AvgIpc) is 3.22. The molecule has 162 valence electrons. The van der Waals surface area contributed by atoms with Crippen LogP contribution < -0.4 is 16.2 Å². The van der Waals surface area contributed by atoms with Crippen molar-refractivity contribution >= 4 is 11.8 Å². The van der Waals surface area contributed by atoms with Crippen LogP contribution in [-0.4, -0.2) is 25.8 Å². The minimum absolute atomic E-state index is 0.216. The molecule has 0 saturated carbocycles. The Morgan fingerprint density at radius 1 is 1.06 bits per heavy atom. The molecule has 3 N–H and O–H groups in total. The number of aromatic amines is 1. The summed E-state index contributed by atoms with van der Waals surface area (Å²) in [5.74, 6) is 0.631. The smallest absolute Gasteiger partial charge is 0.320 e. The molecule has 0 unspecified atom stereocenters. The van der Waals surface area contributed by atoms with Gasteiger partial charge < -0.3 is 5.32 Å². The van der Waals surface area contributed by atoms with Crippen LogP contribution in [0.25, 0.3) is 17.2 Å². The molecular formula is C24H24N6O2. The van der Waals surface area contributed by atoms with Gasteiger partial charge in [-0.3, -0.25) is 15.1 Å². The lowest BCUT2D eigenvalue weighted by molar-refractivity contribution is 0.251. The Labute approximate surface area is 185 Å². The van der Waals surface area contributed by atoms with Crippen LogP contribution in [0.1, 0.15) is 23.7 Å². The van der Waals surface area contributed by atoms with Crippen molar-refractivity contribution in [3.05, 3.63) is 93.9 Å². The minimum Gasteiger partial charge on any atom is -0.334 e. The molecule has 4 aromatic rings. The number of nitrogens with zero attached hydrogens (tertiary/aromatic N) is 3. The standard InChI is InChI=1S/C24H24N6O2/c1-3-19-16(2)26-23(28-22(19)31)30-21(14-20(29-30)18-12-8-5-9-13-18)27-24(32)25-15-17-10-6-4-7-11-17/h4-14H,3,15H2,1-2H3,(H2,25,27,32)(H,26,28,31). The number of carbonyl (C=O) groups excluding carboxylic acids is 1. The quantitative estimate of drug-likeness (QED) is 0.434. The molecule has 0 saturated heterocycles. The summed E-state index contributed by atoms with van der Waals surface area (Å²) >= 11 is 0. The van der Waals surface area contributed by atoms with Crippen molar-refractivity contribution in [2.24, 2.45) is 0 Å². The van der Waals surface area contributed by atoms with Gasteiger partial charge >= 0.3 is 6.03 Å². The number of hydrogen-bond donors (Lipinski definition) is 3. The van der Waals surface area contributed by atoms with Crippen molar-refractivity contribution in [3.8, 4) is 17.2 Å². The van der Waals surface area contributed by atoms with Gasteiger partial charge in [0.2, 0.25) is 5.95 Å². The molecule has 0 radical (unpaired) electrons. The van der Waals surface area contributed by atoms with Crippen molar-refractivity contribution in [1.29, 1.82) is 0 Å². The van der Waals surface area contributed by atoms with E-state index < -0.39 is 0 Å². The Bertz CT molecular complexity index is 1280. The van der Waals surface area contributed by atoms with E-state index in [1.807, 2.05) is 67.6 Å². The highest BCUT2D eigenvalue weighted by atomic mass is 16.2. The van der Waals surface area contributed by atoms with Gasteiger partial charge in [0.25, 0.3) is 5.56 Å². The van der Waals surface area contributed by atoms with E-state index >= 15 is 0 Å². The van der Waals surface area contributed by atoms with Crippen molar-refractivity contribution in [2.75, 3.05) is 5.32 Å². The minimum atomic E-state index is -0.390. The zero-order chi connectivity index (χ0) is 22.5. The van der Waals surface area contributed by atoms with Gasteiger partial charge in [0, 0.05) is 29.4 Å². The van der Waals surface area contributed by atoms with E-state index in [-0.39, 0.29) is 17.5 Å². The number of carbonyl (C=O) groups is 1. The second-order valence-corrected chi connectivity index (χ2v) is 7.29. The monoisotopic (exact) mass is 428 g/mol. The lowest BCUT2D eigenvalue weighted by Crippen LogP contribution is -2.29. The summed E-state index contributed by atoms with van der Waals surface area (Å²) in [6.45, 7) is 4.08. The molecule has 8 nitrogen and oxygen atoms in total. The number of nitrogens with one attached hydrogen (secondary N) is 3. The second-order valence-electron chi connectivity index (χ2n) is 7.29. The third-order valence-corrected chi connectivity index (χ3v) is 5.08. The maximum atomic E-state index is 12.6. The fourth-order valence-corrected chi connectivity index (χ4v) is 3.43. The molecule has 2 heterocycles. The van der Waals surface area contributed by atoms with Crippen LogP contribution >= 0.6 is 0 Å². The van der Waals surface area contributed by atoms with Crippen LogP contribution in [0.2, 0.25) is 0 Å². The maximum Gasteiger partial charge on any atom is 0.320 e. The van der Waals surface area contributed by atoms with E-state index in [9.17, 15) is 9.59 Å². The van der Waals surface area contributed by atoms with E-state index in [0.29, 0.717) is 35.7 Å². The van der Waals surface area contributed by atoms with Gasteiger partial charge in [0.15, 0.2) is 0 Å². The third kappa shape index (κ3) is 4.59. The number of benzene rings is 2. The fraction of sp³-hybridized carbons (Fsp3) is 0.167. The van der Waals surface area contributed by atoms with Crippen LogP contribution in [0.15, 0.2) is 71.5 Å². The molecule has 4 rings (SSSR count). The number of rotatable bonds is 6. The summed E-state index contributed by atoms with van der Waals surface area (Å²) in [6, 6.07) is 20.6. The number of hydrogen-bond acceptors (Lipinski definition) is 4.